The Labute approximate surface area is 111 Å². The molecule has 1 heterocycles. The molecule has 0 radical (unpaired) electrons. The third kappa shape index (κ3) is 7.49. The van der Waals surface area contributed by atoms with E-state index in [1.165, 1.54) is 32.1 Å². The molecule has 3 heteroatoms. The van der Waals surface area contributed by atoms with Gasteiger partial charge in [0.15, 0.2) is 6.10 Å². The highest BCUT2D eigenvalue weighted by Crippen LogP contribution is 2.09. The van der Waals surface area contributed by atoms with Gasteiger partial charge in [0.2, 0.25) is 0 Å². The van der Waals surface area contributed by atoms with Crippen molar-refractivity contribution in [2.24, 2.45) is 0 Å². The van der Waals surface area contributed by atoms with Gasteiger partial charge in [0.25, 0.3) is 0 Å². The van der Waals surface area contributed by atoms with Gasteiger partial charge >= 0.3 is 5.97 Å². The topological polar surface area (TPSA) is 35.5 Å². The van der Waals surface area contributed by atoms with Crippen LogP contribution in [0.25, 0.3) is 0 Å². The van der Waals surface area contributed by atoms with Crippen molar-refractivity contribution >= 4 is 5.97 Å². The Morgan fingerprint density at radius 1 is 1.00 bits per heavy atom. The van der Waals surface area contributed by atoms with Gasteiger partial charge in [-0.25, -0.2) is 4.79 Å². The normalized spacial score (nSPS) is 27.4. The number of hydrogen-bond acceptors (Lipinski definition) is 3. The first-order chi connectivity index (χ1) is 8.80. The van der Waals surface area contributed by atoms with E-state index in [1.807, 2.05) is 6.08 Å². The molecule has 0 saturated heterocycles. The fourth-order valence-electron chi connectivity index (χ4n) is 1.99. The van der Waals surface area contributed by atoms with Crippen molar-refractivity contribution in [3.05, 3.63) is 12.2 Å². The predicted molar refractivity (Wildman–Crippen MR) is 72.4 cm³/mol. The summed E-state index contributed by atoms with van der Waals surface area (Å²) in [5.74, 6) is -0.240. The minimum Gasteiger partial charge on any atom is -0.464 e. The molecule has 1 aliphatic rings. The number of carbonyl (C=O) groups excluding carboxylic acids is 1. The SMILES string of the molecule is C[C@@H]1OC/C=C/CCCCCCCCCOC1=O. The minimum atomic E-state index is -0.456. The minimum absolute atomic E-state index is 0.240. The van der Waals surface area contributed by atoms with Crippen LogP contribution in [0.2, 0.25) is 0 Å². The molecule has 0 amide bonds. The summed E-state index contributed by atoms with van der Waals surface area (Å²) in [5.41, 5.74) is 0. The van der Waals surface area contributed by atoms with Gasteiger partial charge in [-0.3, -0.25) is 0 Å². The summed E-state index contributed by atoms with van der Waals surface area (Å²) < 4.78 is 10.6. The average molecular weight is 254 g/mol. The maximum Gasteiger partial charge on any atom is 0.334 e. The highest BCUT2D eigenvalue weighted by molar-refractivity contribution is 5.74. The summed E-state index contributed by atoms with van der Waals surface area (Å²) in [4.78, 5) is 11.5. The quantitative estimate of drug-likeness (QED) is 0.489. The second kappa shape index (κ2) is 10.1. The Morgan fingerprint density at radius 2 is 1.67 bits per heavy atom. The van der Waals surface area contributed by atoms with Crippen LogP contribution in [0.3, 0.4) is 0 Å². The zero-order valence-electron chi connectivity index (χ0n) is 11.5. The number of carbonyl (C=O) groups is 1. The molecule has 0 N–H and O–H groups in total. The Balaban J connectivity index is 2.29. The molecular formula is C15H26O3. The van der Waals surface area contributed by atoms with Crippen LogP contribution in [-0.2, 0) is 14.3 Å². The summed E-state index contributed by atoms with van der Waals surface area (Å²) in [6.07, 6.45) is 13.4. The molecule has 0 aromatic rings. The van der Waals surface area contributed by atoms with Crippen LogP contribution in [0.15, 0.2) is 12.2 Å². The third-order valence-corrected chi connectivity index (χ3v) is 3.20. The molecule has 0 aromatic carbocycles. The lowest BCUT2D eigenvalue weighted by Crippen LogP contribution is -2.23. The molecule has 0 aliphatic carbocycles. The van der Waals surface area contributed by atoms with E-state index < -0.39 is 6.10 Å². The van der Waals surface area contributed by atoms with E-state index in [4.69, 9.17) is 9.47 Å². The number of cyclic esters (lactones) is 1. The molecule has 0 bridgehead atoms. The van der Waals surface area contributed by atoms with Crippen LogP contribution >= 0.6 is 0 Å². The van der Waals surface area contributed by atoms with E-state index in [2.05, 4.69) is 6.08 Å². The Kier molecular flexibility index (Phi) is 8.57. The molecule has 0 fully saturated rings. The maximum atomic E-state index is 11.5. The van der Waals surface area contributed by atoms with E-state index in [9.17, 15) is 4.79 Å². The molecule has 1 rings (SSSR count). The van der Waals surface area contributed by atoms with Crippen LogP contribution in [0.5, 0.6) is 0 Å². The predicted octanol–water partition coefficient (Wildman–Crippen LogP) is 3.63. The van der Waals surface area contributed by atoms with Crippen molar-refractivity contribution < 1.29 is 14.3 Å². The molecule has 0 aromatic heterocycles. The Morgan fingerprint density at radius 3 is 2.44 bits per heavy atom. The molecule has 104 valence electrons. The molecule has 1 aliphatic heterocycles. The van der Waals surface area contributed by atoms with Crippen LogP contribution in [0.1, 0.15) is 58.3 Å². The Bertz CT molecular complexity index is 248. The average Bonchev–Trinajstić information content (AvgIpc) is 2.37. The first-order valence-corrected chi connectivity index (χ1v) is 7.24. The van der Waals surface area contributed by atoms with Gasteiger partial charge in [0.1, 0.15) is 0 Å². The van der Waals surface area contributed by atoms with E-state index in [0.29, 0.717) is 13.2 Å². The van der Waals surface area contributed by atoms with Crippen LogP contribution in [-0.4, -0.2) is 25.3 Å². The number of esters is 1. The van der Waals surface area contributed by atoms with Crippen molar-refractivity contribution in [1.29, 1.82) is 0 Å². The summed E-state index contributed by atoms with van der Waals surface area (Å²) in [6, 6.07) is 0. The zero-order valence-corrected chi connectivity index (χ0v) is 11.5. The van der Waals surface area contributed by atoms with Gasteiger partial charge in [-0.1, -0.05) is 44.3 Å². The standard InChI is InChI=1S/C15H26O3/c1-14-15(16)18-13-11-9-7-5-3-2-4-6-8-10-12-17-14/h8,10,14H,2-7,9,11-13H2,1H3/b10-8+/t14-/m0/s1. The van der Waals surface area contributed by atoms with Gasteiger partial charge in [0, 0.05) is 0 Å². The van der Waals surface area contributed by atoms with Crippen molar-refractivity contribution in [2.75, 3.05) is 13.2 Å². The van der Waals surface area contributed by atoms with E-state index in [0.717, 1.165) is 19.3 Å². The second-order valence-corrected chi connectivity index (χ2v) is 4.88. The molecule has 3 nitrogen and oxygen atoms in total. The number of allylic oxidation sites excluding steroid dienone is 1. The van der Waals surface area contributed by atoms with Gasteiger partial charge in [-0.2, -0.15) is 0 Å². The summed E-state index contributed by atoms with van der Waals surface area (Å²) >= 11 is 0. The third-order valence-electron chi connectivity index (χ3n) is 3.20. The fraction of sp³-hybridized carbons (Fsp3) is 0.800. The van der Waals surface area contributed by atoms with Gasteiger partial charge in [0.05, 0.1) is 13.2 Å². The fourth-order valence-corrected chi connectivity index (χ4v) is 1.99. The van der Waals surface area contributed by atoms with Gasteiger partial charge in [-0.15, -0.1) is 0 Å². The summed E-state index contributed by atoms with van der Waals surface area (Å²) in [5, 5.41) is 0. The molecular weight excluding hydrogens is 228 g/mol. The summed E-state index contributed by atoms with van der Waals surface area (Å²) in [7, 11) is 0. The maximum absolute atomic E-state index is 11.5. The molecule has 0 saturated carbocycles. The molecule has 18 heavy (non-hydrogen) atoms. The highest BCUT2D eigenvalue weighted by atomic mass is 16.6. The van der Waals surface area contributed by atoms with Crippen LogP contribution in [0.4, 0.5) is 0 Å². The first kappa shape index (κ1) is 15.2. The lowest BCUT2D eigenvalue weighted by Gasteiger charge is -2.11. The van der Waals surface area contributed by atoms with Crippen molar-refractivity contribution in [3.8, 4) is 0 Å². The molecule has 1 atom stereocenters. The van der Waals surface area contributed by atoms with Gasteiger partial charge in [-0.05, 0) is 26.2 Å². The Hall–Kier alpha value is -0.830. The number of ether oxygens (including phenoxy) is 2. The lowest BCUT2D eigenvalue weighted by atomic mass is 10.1. The highest BCUT2D eigenvalue weighted by Gasteiger charge is 2.13. The summed E-state index contributed by atoms with van der Waals surface area (Å²) in [6.45, 7) is 2.78. The first-order valence-electron chi connectivity index (χ1n) is 7.24. The van der Waals surface area contributed by atoms with Crippen LogP contribution < -0.4 is 0 Å². The molecule has 0 spiro atoms. The van der Waals surface area contributed by atoms with Crippen molar-refractivity contribution in [2.45, 2.75) is 64.4 Å². The lowest BCUT2D eigenvalue weighted by molar-refractivity contribution is -0.155. The van der Waals surface area contributed by atoms with Crippen molar-refractivity contribution in [1.82, 2.24) is 0 Å². The molecule has 0 unspecified atom stereocenters. The second-order valence-electron chi connectivity index (χ2n) is 4.88. The van der Waals surface area contributed by atoms with E-state index in [-0.39, 0.29) is 5.97 Å². The van der Waals surface area contributed by atoms with Crippen LogP contribution in [0, 0.1) is 0 Å². The van der Waals surface area contributed by atoms with E-state index in [1.54, 1.807) is 6.92 Å². The van der Waals surface area contributed by atoms with Gasteiger partial charge < -0.3 is 9.47 Å². The van der Waals surface area contributed by atoms with E-state index >= 15 is 0 Å². The monoisotopic (exact) mass is 254 g/mol. The van der Waals surface area contributed by atoms with Crippen molar-refractivity contribution in [3.63, 3.8) is 0 Å². The smallest absolute Gasteiger partial charge is 0.334 e. The number of rotatable bonds is 0. The number of hydrogen-bond donors (Lipinski definition) is 0. The largest absolute Gasteiger partial charge is 0.464 e. The zero-order chi connectivity index (χ0) is 13.1.